The number of hydrogen-bond acceptors (Lipinski definition) is 3. The van der Waals surface area contributed by atoms with Crippen LogP contribution in [0.3, 0.4) is 0 Å². The second kappa shape index (κ2) is 9.25. The molecule has 2 amide bonds. The SMILES string of the molecule is CCN(CC(=O)Nc1ccccc1C(F)(F)F)C(=O)c1ccc(-n2nc(C)cc2C)cc1. The zero-order valence-electron chi connectivity index (χ0n) is 17.9. The zero-order valence-corrected chi connectivity index (χ0v) is 17.9. The fourth-order valence-corrected chi connectivity index (χ4v) is 3.35. The van der Waals surface area contributed by atoms with Crippen LogP contribution in [0.15, 0.2) is 54.6 Å². The van der Waals surface area contributed by atoms with Gasteiger partial charge in [0, 0.05) is 17.8 Å². The van der Waals surface area contributed by atoms with E-state index in [9.17, 15) is 22.8 Å². The van der Waals surface area contributed by atoms with Gasteiger partial charge in [0.15, 0.2) is 0 Å². The second-order valence-electron chi connectivity index (χ2n) is 7.30. The minimum atomic E-state index is -4.60. The molecule has 0 radical (unpaired) electrons. The largest absolute Gasteiger partial charge is 0.418 e. The Morgan fingerprint density at radius 3 is 2.28 bits per heavy atom. The van der Waals surface area contributed by atoms with Crippen LogP contribution in [-0.4, -0.2) is 39.6 Å². The maximum atomic E-state index is 13.1. The molecule has 1 heterocycles. The molecule has 0 saturated heterocycles. The molecule has 0 bridgehead atoms. The van der Waals surface area contributed by atoms with Crippen molar-refractivity contribution in [2.45, 2.75) is 26.9 Å². The number of halogens is 3. The summed E-state index contributed by atoms with van der Waals surface area (Å²) in [5.74, 6) is -1.11. The highest BCUT2D eigenvalue weighted by molar-refractivity contribution is 5.99. The summed E-state index contributed by atoms with van der Waals surface area (Å²) in [6.45, 7) is 5.35. The van der Waals surface area contributed by atoms with Gasteiger partial charge in [-0.3, -0.25) is 9.59 Å². The summed E-state index contributed by atoms with van der Waals surface area (Å²) in [5.41, 5.74) is 1.69. The molecule has 6 nitrogen and oxygen atoms in total. The van der Waals surface area contributed by atoms with Gasteiger partial charge in [-0.25, -0.2) is 4.68 Å². The van der Waals surface area contributed by atoms with E-state index in [-0.39, 0.29) is 18.8 Å². The number of aryl methyl sites for hydroxylation is 2. The average molecular weight is 444 g/mol. The highest BCUT2D eigenvalue weighted by Crippen LogP contribution is 2.34. The van der Waals surface area contributed by atoms with E-state index in [0.29, 0.717) is 5.56 Å². The van der Waals surface area contributed by atoms with Crippen molar-refractivity contribution in [1.29, 1.82) is 0 Å². The Labute approximate surface area is 183 Å². The fourth-order valence-electron chi connectivity index (χ4n) is 3.35. The molecule has 0 aliphatic carbocycles. The molecule has 0 unspecified atom stereocenters. The van der Waals surface area contributed by atoms with Gasteiger partial charge in [-0.15, -0.1) is 0 Å². The van der Waals surface area contributed by atoms with E-state index in [1.54, 1.807) is 35.9 Å². The Morgan fingerprint density at radius 2 is 1.72 bits per heavy atom. The van der Waals surface area contributed by atoms with Crippen LogP contribution in [0.25, 0.3) is 5.69 Å². The second-order valence-corrected chi connectivity index (χ2v) is 7.30. The number of likely N-dealkylation sites (N-methyl/N-ethyl adjacent to an activating group) is 1. The molecule has 1 N–H and O–H groups in total. The first-order valence-corrected chi connectivity index (χ1v) is 9.99. The molecule has 0 saturated carbocycles. The molecule has 3 rings (SSSR count). The van der Waals surface area contributed by atoms with Crippen molar-refractivity contribution in [2.75, 3.05) is 18.4 Å². The first kappa shape index (κ1) is 23.1. The van der Waals surface area contributed by atoms with Crippen molar-refractivity contribution >= 4 is 17.5 Å². The topological polar surface area (TPSA) is 67.2 Å². The summed E-state index contributed by atoms with van der Waals surface area (Å²) < 4.78 is 41.2. The lowest BCUT2D eigenvalue weighted by atomic mass is 10.1. The molecular formula is C23H23F3N4O2. The summed E-state index contributed by atoms with van der Waals surface area (Å²) in [6, 6.07) is 13.4. The number of aromatic nitrogens is 2. The Bertz CT molecular complexity index is 1120. The third-order valence-electron chi connectivity index (χ3n) is 4.88. The lowest BCUT2D eigenvalue weighted by Gasteiger charge is -2.21. The molecular weight excluding hydrogens is 421 g/mol. The fraction of sp³-hybridized carbons (Fsp3) is 0.261. The van der Waals surface area contributed by atoms with Gasteiger partial charge >= 0.3 is 6.18 Å². The molecule has 0 aliphatic rings. The van der Waals surface area contributed by atoms with Crippen molar-refractivity contribution in [3.05, 3.63) is 77.1 Å². The number of alkyl halides is 3. The monoisotopic (exact) mass is 444 g/mol. The van der Waals surface area contributed by atoms with Crippen molar-refractivity contribution in [3.63, 3.8) is 0 Å². The summed E-state index contributed by atoms with van der Waals surface area (Å²) in [6.07, 6.45) is -4.60. The van der Waals surface area contributed by atoms with Gasteiger partial charge in [-0.1, -0.05) is 12.1 Å². The highest BCUT2D eigenvalue weighted by Gasteiger charge is 2.33. The van der Waals surface area contributed by atoms with Gasteiger partial charge in [0.25, 0.3) is 5.91 Å². The maximum absolute atomic E-state index is 13.1. The van der Waals surface area contributed by atoms with E-state index in [1.807, 2.05) is 19.9 Å². The number of amides is 2. The number of hydrogen-bond donors (Lipinski definition) is 1. The van der Waals surface area contributed by atoms with Crippen LogP contribution < -0.4 is 5.32 Å². The Morgan fingerprint density at radius 1 is 1.06 bits per heavy atom. The average Bonchev–Trinajstić information content (AvgIpc) is 3.09. The standard InChI is InChI=1S/C23H23F3N4O2/c1-4-29(14-21(31)27-20-8-6-5-7-19(20)23(24,25)26)22(32)17-9-11-18(12-10-17)30-16(3)13-15(2)28-30/h5-13H,4,14H2,1-3H3,(H,27,31). The summed E-state index contributed by atoms with van der Waals surface area (Å²) in [4.78, 5) is 26.5. The molecule has 168 valence electrons. The van der Waals surface area contributed by atoms with Crippen molar-refractivity contribution in [1.82, 2.24) is 14.7 Å². The maximum Gasteiger partial charge on any atom is 0.418 e. The minimum Gasteiger partial charge on any atom is -0.330 e. The third kappa shape index (κ3) is 5.16. The van der Waals surface area contributed by atoms with E-state index in [0.717, 1.165) is 23.1 Å². The van der Waals surface area contributed by atoms with E-state index >= 15 is 0 Å². The number of anilines is 1. The van der Waals surface area contributed by atoms with Gasteiger partial charge < -0.3 is 10.2 Å². The predicted molar refractivity (Wildman–Crippen MR) is 115 cm³/mol. The van der Waals surface area contributed by atoms with E-state index in [2.05, 4.69) is 10.4 Å². The Hall–Kier alpha value is -3.62. The first-order valence-electron chi connectivity index (χ1n) is 9.99. The van der Waals surface area contributed by atoms with Crippen LogP contribution in [0.2, 0.25) is 0 Å². The van der Waals surface area contributed by atoms with E-state index < -0.39 is 23.6 Å². The third-order valence-corrected chi connectivity index (χ3v) is 4.88. The lowest BCUT2D eigenvalue weighted by molar-refractivity contribution is -0.137. The molecule has 0 fully saturated rings. The quantitative estimate of drug-likeness (QED) is 0.604. The van der Waals surface area contributed by atoms with Gasteiger partial charge in [0.1, 0.15) is 6.54 Å². The number of para-hydroxylation sites is 1. The van der Waals surface area contributed by atoms with Gasteiger partial charge in [-0.2, -0.15) is 18.3 Å². The summed E-state index contributed by atoms with van der Waals surface area (Å²) in [5, 5.41) is 6.66. The molecule has 9 heteroatoms. The van der Waals surface area contributed by atoms with Gasteiger partial charge in [0.2, 0.25) is 5.91 Å². The lowest BCUT2D eigenvalue weighted by Crippen LogP contribution is -2.38. The number of carbonyl (C=O) groups excluding carboxylic acids is 2. The molecule has 32 heavy (non-hydrogen) atoms. The van der Waals surface area contributed by atoms with Crippen LogP contribution in [0, 0.1) is 13.8 Å². The van der Waals surface area contributed by atoms with Crippen LogP contribution in [-0.2, 0) is 11.0 Å². The van der Waals surface area contributed by atoms with Crippen molar-refractivity contribution in [3.8, 4) is 5.69 Å². The molecule has 0 aliphatic heterocycles. The summed E-state index contributed by atoms with van der Waals surface area (Å²) >= 11 is 0. The molecule has 3 aromatic rings. The molecule has 0 atom stereocenters. The van der Waals surface area contributed by atoms with Crippen LogP contribution >= 0.6 is 0 Å². The predicted octanol–water partition coefficient (Wildman–Crippen LogP) is 4.61. The number of nitrogens with one attached hydrogen (secondary N) is 1. The number of nitrogens with zero attached hydrogens (tertiary/aromatic N) is 3. The minimum absolute atomic E-state index is 0.215. The molecule has 1 aromatic heterocycles. The Kier molecular flexibility index (Phi) is 6.67. The molecule has 0 spiro atoms. The van der Waals surface area contributed by atoms with Crippen LogP contribution in [0.5, 0.6) is 0 Å². The number of benzene rings is 2. The van der Waals surface area contributed by atoms with Crippen LogP contribution in [0.1, 0.15) is 34.2 Å². The van der Waals surface area contributed by atoms with Crippen LogP contribution in [0.4, 0.5) is 18.9 Å². The highest BCUT2D eigenvalue weighted by atomic mass is 19.4. The van der Waals surface area contributed by atoms with E-state index in [4.69, 9.17) is 0 Å². The first-order chi connectivity index (χ1) is 15.1. The molecule has 2 aromatic carbocycles. The smallest absolute Gasteiger partial charge is 0.330 e. The van der Waals surface area contributed by atoms with Gasteiger partial charge in [-0.05, 0) is 63.2 Å². The number of rotatable bonds is 6. The van der Waals surface area contributed by atoms with Crippen molar-refractivity contribution < 1.29 is 22.8 Å². The normalized spacial score (nSPS) is 11.3. The van der Waals surface area contributed by atoms with Gasteiger partial charge in [0.05, 0.1) is 22.6 Å². The van der Waals surface area contributed by atoms with E-state index in [1.165, 1.54) is 23.1 Å². The summed E-state index contributed by atoms with van der Waals surface area (Å²) in [7, 11) is 0. The Balaban J connectivity index is 1.71. The van der Waals surface area contributed by atoms with Crippen molar-refractivity contribution in [2.24, 2.45) is 0 Å². The zero-order chi connectivity index (χ0) is 23.5. The number of carbonyl (C=O) groups is 2.